The number of benzene rings is 1. The third kappa shape index (κ3) is 5.65. The predicted octanol–water partition coefficient (Wildman–Crippen LogP) is 0.190. The van der Waals surface area contributed by atoms with Crippen molar-refractivity contribution in [1.82, 2.24) is 15.3 Å². The Labute approximate surface area is 199 Å². The summed E-state index contributed by atoms with van der Waals surface area (Å²) < 4.78 is 12.0. The number of carbonyl (C=O) groups is 1. The van der Waals surface area contributed by atoms with Crippen LogP contribution in [0.4, 0.5) is 15.9 Å². The molecule has 3 N–H and O–H groups in total. The SMILES string of the molecule is BC(B)(B)Oc1ccc2oc(N3CCc4nc(NC(=O)NCC(C)(C)O)sc4[C@@H]3C)nc2c1. The van der Waals surface area contributed by atoms with Gasteiger partial charge >= 0.3 is 6.03 Å². The van der Waals surface area contributed by atoms with E-state index in [1.807, 2.05) is 41.7 Å². The molecule has 0 saturated heterocycles. The van der Waals surface area contributed by atoms with Gasteiger partial charge < -0.3 is 24.5 Å². The first kappa shape index (κ1) is 23.5. The summed E-state index contributed by atoms with van der Waals surface area (Å²) >= 11 is 1.44. The molecule has 3 aromatic rings. The molecule has 0 unspecified atom stereocenters. The maximum absolute atomic E-state index is 12.1. The molecule has 1 aromatic carbocycles. The Morgan fingerprint density at radius 1 is 1.36 bits per heavy atom. The van der Waals surface area contributed by atoms with Crippen LogP contribution in [0.15, 0.2) is 22.6 Å². The van der Waals surface area contributed by atoms with E-state index in [9.17, 15) is 9.90 Å². The van der Waals surface area contributed by atoms with Crippen LogP contribution in [0.2, 0.25) is 0 Å². The van der Waals surface area contributed by atoms with Gasteiger partial charge in [0.25, 0.3) is 6.01 Å². The lowest BCUT2D eigenvalue weighted by Gasteiger charge is -2.31. The van der Waals surface area contributed by atoms with Crippen molar-refractivity contribution >= 4 is 63.2 Å². The number of ether oxygens (including phenoxy) is 1. The highest BCUT2D eigenvalue weighted by Crippen LogP contribution is 2.39. The van der Waals surface area contributed by atoms with Crippen molar-refractivity contribution in [2.45, 2.75) is 44.1 Å². The largest absolute Gasteiger partial charge is 0.514 e. The van der Waals surface area contributed by atoms with Crippen LogP contribution in [0.3, 0.4) is 0 Å². The molecule has 0 saturated carbocycles. The lowest BCUT2D eigenvalue weighted by atomic mass is 9.52. The summed E-state index contributed by atoms with van der Waals surface area (Å²) in [6, 6.07) is 5.84. The van der Waals surface area contributed by atoms with Crippen LogP contribution in [-0.2, 0) is 6.42 Å². The monoisotopic (exact) mass is 467 g/mol. The third-order valence-electron chi connectivity index (χ3n) is 5.08. The fourth-order valence-electron chi connectivity index (χ4n) is 3.62. The first-order chi connectivity index (χ1) is 15.4. The van der Waals surface area contributed by atoms with Crippen molar-refractivity contribution in [2.24, 2.45) is 0 Å². The van der Waals surface area contributed by atoms with Crippen LogP contribution in [0.25, 0.3) is 11.1 Å². The Kier molecular flexibility index (Phi) is 6.13. The topological polar surface area (TPSA) is 113 Å². The van der Waals surface area contributed by atoms with Gasteiger partial charge in [0, 0.05) is 30.9 Å². The number of aliphatic hydroxyl groups is 1. The van der Waals surface area contributed by atoms with Crippen molar-refractivity contribution in [2.75, 3.05) is 23.3 Å². The van der Waals surface area contributed by atoms with Gasteiger partial charge in [-0.25, -0.2) is 9.78 Å². The Morgan fingerprint density at radius 3 is 2.82 bits per heavy atom. The molecule has 0 bridgehead atoms. The smallest absolute Gasteiger partial charge is 0.321 e. The molecule has 2 aromatic heterocycles. The summed E-state index contributed by atoms with van der Waals surface area (Å²) in [5.41, 5.74) is 1.45. The minimum atomic E-state index is -0.978. The van der Waals surface area contributed by atoms with Gasteiger partial charge in [-0.2, -0.15) is 4.98 Å². The first-order valence-corrected chi connectivity index (χ1v) is 11.8. The minimum absolute atomic E-state index is 0.000376. The van der Waals surface area contributed by atoms with Gasteiger partial charge in [-0.15, -0.1) is 0 Å². The number of amides is 2. The van der Waals surface area contributed by atoms with Crippen molar-refractivity contribution in [3.63, 3.8) is 0 Å². The number of carbonyl (C=O) groups excluding carboxylic acids is 1. The number of nitrogens with one attached hydrogen (secondary N) is 2. The Morgan fingerprint density at radius 2 is 2.12 bits per heavy atom. The molecule has 1 atom stereocenters. The lowest BCUT2D eigenvalue weighted by Crippen LogP contribution is -2.40. The van der Waals surface area contributed by atoms with E-state index in [-0.39, 0.29) is 23.9 Å². The number of nitrogens with zero attached hydrogens (tertiary/aromatic N) is 3. The highest BCUT2D eigenvalue weighted by molar-refractivity contribution is 7.16. The summed E-state index contributed by atoms with van der Waals surface area (Å²) in [5, 5.41) is 15.4. The van der Waals surface area contributed by atoms with Gasteiger partial charge in [-0.3, -0.25) is 5.32 Å². The predicted molar refractivity (Wildman–Crippen MR) is 138 cm³/mol. The number of thiazole rings is 1. The van der Waals surface area contributed by atoms with E-state index < -0.39 is 5.60 Å². The Hall–Kier alpha value is -2.66. The Balaban J connectivity index is 1.49. The van der Waals surface area contributed by atoms with Gasteiger partial charge in [0.2, 0.25) is 0 Å². The van der Waals surface area contributed by atoms with E-state index >= 15 is 0 Å². The average molecular weight is 467 g/mol. The zero-order chi connectivity index (χ0) is 24.0. The van der Waals surface area contributed by atoms with Crippen LogP contribution in [0.1, 0.15) is 37.4 Å². The number of aromatic nitrogens is 2. The van der Waals surface area contributed by atoms with E-state index in [0.717, 1.165) is 28.3 Å². The summed E-state index contributed by atoms with van der Waals surface area (Å²) in [4.78, 5) is 24.6. The number of oxazole rings is 1. The van der Waals surface area contributed by atoms with E-state index in [1.165, 1.54) is 11.3 Å². The molecule has 0 fully saturated rings. The number of anilines is 2. The fraction of sp³-hybridized carbons (Fsp3) is 0.450. The molecule has 33 heavy (non-hydrogen) atoms. The van der Waals surface area contributed by atoms with E-state index in [0.29, 0.717) is 23.3 Å². The van der Waals surface area contributed by atoms with Crippen molar-refractivity contribution in [3.05, 3.63) is 28.8 Å². The standard InChI is InChI=1S/C20H28B3N5O4S/c1-10-15-12(25-17(33-15)27-16(29)24-9-19(2,3)30)6-7-28(10)18-26-13-8-11(32-20(21,22)23)4-5-14(13)31-18/h4-5,8,10,30H,6-7,9,21-23H2,1-3H3,(H2,24,25,27,29)/t10-/m0/s1. The maximum atomic E-state index is 12.1. The van der Waals surface area contributed by atoms with Crippen LogP contribution in [0, 0.1) is 0 Å². The fourth-order valence-corrected chi connectivity index (χ4v) is 4.69. The zero-order valence-electron chi connectivity index (χ0n) is 19.9. The molecule has 172 valence electrons. The maximum Gasteiger partial charge on any atom is 0.321 e. The first-order valence-electron chi connectivity index (χ1n) is 11.0. The number of hydrogen-bond acceptors (Lipinski definition) is 8. The second kappa shape index (κ2) is 8.60. The molecule has 1 aliphatic heterocycles. The second-order valence-electron chi connectivity index (χ2n) is 9.91. The molecule has 0 radical (unpaired) electrons. The minimum Gasteiger partial charge on any atom is -0.514 e. The quantitative estimate of drug-likeness (QED) is 0.444. The van der Waals surface area contributed by atoms with Crippen LogP contribution >= 0.6 is 11.3 Å². The summed E-state index contributed by atoms with van der Waals surface area (Å²) in [7, 11) is 6.02. The van der Waals surface area contributed by atoms with Crippen LogP contribution in [-0.4, -0.2) is 68.6 Å². The van der Waals surface area contributed by atoms with Gasteiger partial charge in [0.15, 0.2) is 10.7 Å². The van der Waals surface area contributed by atoms with Crippen molar-refractivity contribution < 1.29 is 19.1 Å². The second-order valence-corrected chi connectivity index (χ2v) is 10.9. The highest BCUT2D eigenvalue weighted by Gasteiger charge is 2.31. The zero-order valence-corrected chi connectivity index (χ0v) is 20.7. The molecule has 9 nitrogen and oxygen atoms in total. The van der Waals surface area contributed by atoms with Crippen LogP contribution < -0.4 is 20.3 Å². The highest BCUT2D eigenvalue weighted by atomic mass is 32.1. The molecular formula is C20H28B3N5O4S. The van der Waals surface area contributed by atoms with Gasteiger partial charge in [-0.05, 0) is 32.9 Å². The van der Waals surface area contributed by atoms with Gasteiger partial charge in [-0.1, -0.05) is 11.3 Å². The number of hydrogen-bond donors (Lipinski definition) is 3. The average Bonchev–Trinajstić information content (AvgIpc) is 3.28. The normalized spacial score (nSPS) is 16.5. The number of urea groups is 1. The van der Waals surface area contributed by atoms with Gasteiger partial charge in [0.05, 0.1) is 22.2 Å². The van der Waals surface area contributed by atoms with Gasteiger partial charge in [0.1, 0.15) is 34.8 Å². The molecule has 0 spiro atoms. The molecule has 4 rings (SSSR count). The molecule has 0 aliphatic carbocycles. The van der Waals surface area contributed by atoms with E-state index in [1.54, 1.807) is 13.8 Å². The van der Waals surface area contributed by atoms with E-state index in [4.69, 9.17) is 14.1 Å². The van der Waals surface area contributed by atoms with Crippen molar-refractivity contribution in [3.8, 4) is 5.75 Å². The lowest BCUT2D eigenvalue weighted by molar-refractivity contribution is 0.0826. The Bertz CT molecular complexity index is 1170. The number of rotatable bonds is 6. The molecule has 13 heteroatoms. The molecular weight excluding hydrogens is 439 g/mol. The summed E-state index contributed by atoms with van der Waals surface area (Å²) in [6.07, 6.45) is 0.722. The summed E-state index contributed by atoms with van der Waals surface area (Å²) in [5.74, 6) is 0.755. The molecule has 3 heterocycles. The van der Waals surface area contributed by atoms with Crippen LogP contribution in [0.5, 0.6) is 5.75 Å². The van der Waals surface area contributed by atoms with E-state index in [2.05, 4.69) is 27.4 Å². The molecule has 2 amide bonds. The van der Waals surface area contributed by atoms with Crippen molar-refractivity contribution in [1.29, 1.82) is 0 Å². The number of fused-ring (bicyclic) bond motifs is 2. The third-order valence-corrected chi connectivity index (χ3v) is 6.27. The molecule has 1 aliphatic rings. The summed E-state index contributed by atoms with van der Waals surface area (Å²) in [6.45, 7) is 6.21.